The van der Waals surface area contributed by atoms with Crippen LogP contribution in [0, 0.1) is 6.92 Å². The van der Waals surface area contributed by atoms with Gasteiger partial charge in [-0.25, -0.2) is 0 Å². The number of hydrogen-bond acceptors (Lipinski definition) is 1. The smallest absolute Gasteiger partial charge is 0.0314 e. The highest BCUT2D eigenvalue weighted by molar-refractivity contribution is 9.10. The molecule has 2 heteroatoms. The molecule has 72 valence electrons. The molecule has 0 spiro atoms. The summed E-state index contributed by atoms with van der Waals surface area (Å²) in [5.74, 6) is 0. The van der Waals surface area contributed by atoms with Crippen molar-refractivity contribution in [1.82, 2.24) is 0 Å². The molecule has 0 aliphatic carbocycles. The molecule has 0 nitrogen and oxygen atoms in total. The summed E-state index contributed by atoms with van der Waals surface area (Å²) in [6.45, 7) is 2.14. The lowest BCUT2D eigenvalue weighted by atomic mass is 10.1. The number of benzene rings is 1. The van der Waals surface area contributed by atoms with E-state index in [1.54, 1.807) is 0 Å². The maximum atomic E-state index is 3.54. The van der Waals surface area contributed by atoms with Gasteiger partial charge < -0.3 is 0 Å². The lowest BCUT2D eigenvalue weighted by Gasteiger charge is -1.96. The van der Waals surface area contributed by atoms with E-state index in [0.717, 1.165) is 6.42 Å². The van der Waals surface area contributed by atoms with Crippen LogP contribution < -0.4 is 0 Å². The highest BCUT2D eigenvalue weighted by atomic mass is 79.9. The van der Waals surface area contributed by atoms with Gasteiger partial charge in [0.05, 0.1) is 0 Å². The highest BCUT2D eigenvalue weighted by Gasteiger charge is 2.02. The Bertz CT molecular complexity index is 398. The van der Waals surface area contributed by atoms with Crippen LogP contribution in [0.15, 0.2) is 40.9 Å². The van der Waals surface area contributed by atoms with E-state index in [0.29, 0.717) is 0 Å². The summed E-state index contributed by atoms with van der Waals surface area (Å²) < 4.78 is 1.23. The Labute approximate surface area is 96.7 Å². The second kappa shape index (κ2) is 4.28. The molecule has 14 heavy (non-hydrogen) atoms. The molecule has 0 radical (unpaired) electrons. The van der Waals surface area contributed by atoms with Crippen LogP contribution in [0.1, 0.15) is 15.3 Å². The third-order valence-electron chi connectivity index (χ3n) is 2.13. The monoisotopic (exact) mass is 266 g/mol. The van der Waals surface area contributed by atoms with Crippen molar-refractivity contribution in [3.63, 3.8) is 0 Å². The van der Waals surface area contributed by atoms with E-state index < -0.39 is 0 Å². The van der Waals surface area contributed by atoms with Crippen molar-refractivity contribution < 1.29 is 0 Å². The van der Waals surface area contributed by atoms with E-state index >= 15 is 0 Å². The van der Waals surface area contributed by atoms with Crippen molar-refractivity contribution in [1.29, 1.82) is 0 Å². The van der Waals surface area contributed by atoms with Crippen molar-refractivity contribution >= 4 is 27.3 Å². The van der Waals surface area contributed by atoms with Crippen molar-refractivity contribution in [2.24, 2.45) is 0 Å². The summed E-state index contributed by atoms with van der Waals surface area (Å²) in [6.07, 6.45) is 1.04. The molecule has 0 fully saturated rings. The number of rotatable bonds is 2. The van der Waals surface area contributed by atoms with E-state index in [1.807, 2.05) is 11.3 Å². The summed E-state index contributed by atoms with van der Waals surface area (Å²) in [5.41, 5.74) is 1.38. The van der Waals surface area contributed by atoms with Gasteiger partial charge in [-0.1, -0.05) is 30.3 Å². The minimum absolute atomic E-state index is 1.04. The molecule has 0 atom stereocenters. The van der Waals surface area contributed by atoms with Crippen LogP contribution in [0.4, 0.5) is 0 Å². The van der Waals surface area contributed by atoms with Crippen LogP contribution in [0.25, 0.3) is 0 Å². The van der Waals surface area contributed by atoms with Gasteiger partial charge in [0.1, 0.15) is 0 Å². The Morgan fingerprint density at radius 1 is 1.21 bits per heavy atom. The Balaban J connectivity index is 2.19. The van der Waals surface area contributed by atoms with Gasteiger partial charge in [0.25, 0.3) is 0 Å². The van der Waals surface area contributed by atoms with Gasteiger partial charge in [0.2, 0.25) is 0 Å². The molecule has 0 saturated carbocycles. The van der Waals surface area contributed by atoms with Gasteiger partial charge in [0.15, 0.2) is 0 Å². The molecule has 1 heterocycles. The molecular weight excluding hydrogens is 256 g/mol. The third-order valence-corrected chi connectivity index (χ3v) is 4.27. The molecule has 0 amide bonds. The molecule has 0 bridgehead atoms. The zero-order valence-corrected chi connectivity index (χ0v) is 10.4. The first-order valence-corrected chi connectivity index (χ1v) is 6.15. The average molecular weight is 267 g/mol. The van der Waals surface area contributed by atoms with E-state index in [-0.39, 0.29) is 0 Å². The number of halogens is 1. The normalized spacial score (nSPS) is 10.4. The summed E-state index contributed by atoms with van der Waals surface area (Å²) in [7, 11) is 0. The van der Waals surface area contributed by atoms with Crippen LogP contribution in [0.3, 0.4) is 0 Å². The van der Waals surface area contributed by atoms with Crippen LogP contribution in [0.2, 0.25) is 0 Å². The second-order valence-corrected chi connectivity index (χ2v) is 5.47. The van der Waals surface area contributed by atoms with Gasteiger partial charge in [-0.15, -0.1) is 11.3 Å². The van der Waals surface area contributed by atoms with Crippen molar-refractivity contribution in [2.45, 2.75) is 13.3 Å². The van der Waals surface area contributed by atoms with Crippen LogP contribution in [-0.4, -0.2) is 0 Å². The molecular formula is C12H11BrS. The lowest BCUT2D eigenvalue weighted by Crippen LogP contribution is -1.81. The molecule has 1 aromatic carbocycles. The SMILES string of the molecule is Cc1sc(Cc2ccccc2)cc1Br. The first-order valence-electron chi connectivity index (χ1n) is 4.54. The first kappa shape index (κ1) is 9.94. The Morgan fingerprint density at radius 3 is 2.50 bits per heavy atom. The zero-order chi connectivity index (χ0) is 9.97. The first-order chi connectivity index (χ1) is 6.75. The van der Waals surface area contributed by atoms with E-state index in [1.165, 1.54) is 19.8 Å². The third kappa shape index (κ3) is 2.25. The molecule has 2 rings (SSSR count). The Hall–Kier alpha value is -0.600. The van der Waals surface area contributed by atoms with Gasteiger partial charge in [-0.2, -0.15) is 0 Å². The van der Waals surface area contributed by atoms with Crippen LogP contribution in [0.5, 0.6) is 0 Å². The number of thiophene rings is 1. The topological polar surface area (TPSA) is 0 Å². The Kier molecular flexibility index (Phi) is 3.04. The molecule has 1 aromatic heterocycles. The predicted octanol–water partition coefficient (Wildman–Crippen LogP) is 4.41. The fourth-order valence-electron chi connectivity index (χ4n) is 1.40. The summed E-state index contributed by atoms with van der Waals surface area (Å²) in [4.78, 5) is 2.77. The van der Waals surface area contributed by atoms with Crippen molar-refractivity contribution in [2.75, 3.05) is 0 Å². The molecule has 0 unspecified atom stereocenters. The van der Waals surface area contributed by atoms with Gasteiger partial charge in [0, 0.05) is 20.6 Å². The number of hydrogen-bond donors (Lipinski definition) is 0. The molecule has 0 saturated heterocycles. The van der Waals surface area contributed by atoms with E-state index in [2.05, 4.69) is 59.3 Å². The van der Waals surface area contributed by atoms with E-state index in [9.17, 15) is 0 Å². The van der Waals surface area contributed by atoms with Crippen LogP contribution >= 0.6 is 27.3 Å². The minimum Gasteiger partial charge on any atom is -0.144 e. The van der Waals surface area contributed by atoms with Crippen LogP contribution in [-0.2, 0) is 6.42 Å². The summed E-state index contributed by atoms with van der Waals surface area (Å²) in [5, 5.41) is 0. The zero-order valence-electron chi connectivity index (χ0n) is 7.96. The number of aryl methyl sites for hydroxylation is 1. The molecule has 2 aromatic rings. The molecule has 0 aliphatic heterocycles. The largest absolute Gasteiger partial charge is 0.144 e. The van der Waals surface area contributed by atoms with Gasteiger partial charge >= 0.3 is 0 Å². The van der Waals surface area contributed by atoms with Crippen molar-refractivity contribution in [3.05, 3.63) is 56.2 Å². The average Bonchev–Trinajstić information content (AvgIpc) is 2.47. The highest BCUT2D eigenvalue weighted by Crippen LogP contribution is 2.27. The maximum absolute atomic E-state index is 3.54. The Morgan fingerprint density at radius 2 is 1.93 bits per heavy atom. The summed E-state index contributed by atoms with van der Waals surface area (Å²) in [6, 6.07) is 12.8. The van der Waals surface area contributed by atoms with Gasteiger partial charge in [-0.3, -0.25) is 0 Å². The molecule has 0 aliphatic rings. The minimum atomic E-state index is 1.04. The fourth-order valence-corrected chi connectivity index (χ4v) is 3.04. The maximum Gasteiger partial charge on any atom is 0.0314 e. The quantitative estimate of drug-likeness (QED) is 0.756. The fraction of sp³-hybridized carbons (Fsp3) is 0.167. The van der Waals surface area contributed by atoms with Gasteiger partial charge in [-0.05, 0) is 34.5 Å². The van der Waals surface area contributed by atoms with E-state index in [4.69, 9.17) is 0 Å². The lowest BCUT2D eigenvalue weighted by molar-refractivity contribution is 1.24. The standard InChI is InChI=1S/C12H11BrS/c1-9-12(13)8-11(14-9)7-10-5-3-2-4-6-10/h2-6,8H,7H2,1H3. The summed E-state index contributed by atoms with van der Waals surface area (Å²) >= 11 is 5.40. The van der Waals surface area contributed by atoms with Crippen molar-refractivity contribution in [3.8, 4) is 0 Å². The molecule has 0 N–H and O–H groups in total. The second-order valence-electron chi connectivity index (χ2n) is 3.28. The predicted molar refractivity (Wildman–Crippen MR) is 66.0 cm³/mol.